The van der Waals surface area contributed by atoms with E-state index >= 15 is 0 Å². The van der Waals surface area contributed by atoms with Crippen molar-refractivity contribution in [2.24, 2.45) is 0 Å². The largest absolute Gasteiger partial charge is 0.376 e. The SMILES string of the molecule is CCN(C(=O)c1ccc(NC(=O)CNc2cccc(Cl)c2C)cc1)c1ccccc1. The van der Waals surface area contributed by atoms with Crippen LogP contribution in [0.15, 0.2) is 72.8 Å². The number of anilines is 3. The maximum Gasteiger partial charge on any atom is 0.258 e. The summed E-state index contributed by atoms with van der Waals surface area (Å²) in [5.74, 6) is -0.271. The van der Waals surface area contributed by atoms with Gasteiger partial charge in [-0.1, -0.05) is 35.9 Å². The van der Waals surface area contributed by atoms with Crippen molar-refractivity contribution in [1.29, 1.82) is 0 Å². The van der Waals surface area contributed by atoms with Gasteiger partial charge in [-0.25, -0.2) is 0 Å². The molecule has 6 heteroatoms. The highest BCUT2D eigenvalue weighted by Gasteiger charge is 2.16. The first-order chi connectivity index (χ1) is 14.5. The average Bonchev–Trinajstić information content (AvgIpc) is 2.76. The number of benzene rings is 3. The van der Waals surface area contributed by atoms with Crippen molar-refractivity contribution in [3.8, 4) is 0 Å². The van der Waals surface area contributed by atoms with Crippen LogP contribution in [-0.2, 0) is 4.79 Å². The van der Waals surface area contributed by atoms with Crippen molar-refractivity contribution in [2.45, 2.75) is 13.8 Å². The molecule has 3 aromatic rings. The van der Waals surface area contributed by atoms with E-state index in [0.717, 1.165) is 16.9 Å². The molecule has 0 fully saturated rings. The van der Waals surface area contributed by atoms with E-state index in [1.165, 1.54) is 0 Å². The van der Waals surface area contributed by atoms with Gasteiger partial charge in [-0.3, -0.25) is 9.59 Å². The van der Waals surface area contributed by atoms with Gasteiger partial charge in [0.05, 0.1) is 6.54 Å². The zero-order chi connectivity index (χ0) is 21.5. The number of para-hydroxylation sites is 1. The number of carbonyl (C=O) groups is 2. The predicted molar refractivity (Wildman–Crippen MR) is 124 cm³/mol. The van der Waals surface area contributed by atoms with Crippen LogP contribution in [0.1, 0.15) is 22.8 Å². The van der Waals surface area contributed by atoms with Gasteiger partial charge in [0, 0.05) is 34.2 Å². The molecule has 2 amide bonds. The molecule has 5 nitrogen and oxygen atoms in total. The van der Waals surface area contributed by atoms with E-state index in [0.29, 0.717) is 22.8 Å². The van der Waals surface area contributed by atoms with Crippen LogP contribution in [0.2, 0.25) is 5.02 Å². The fourth-order valence-corrected chi connectivity index (χ4v) is 3.26. The molecular weight excluding hydrogens is 398 g/mol. The van der Waals surface area contributed by atoms with Gasteiger partial charge in [-0.15, -0.1) is 0 Å². The van der Waals surface area contributed by atoms with Crippen molar-refractivity contribution in [3.63, 3.8) is 0 Å². The van der Waals surface area contributed by atoms with Crippen LogP contribution >= 0.6 is 11.6 Å². The predicted octanol–water partition coefficient (Wildman–Crippen LogP) is 5.37. The van der Waals surface area contributed by atoms with Crippen molar-refractivity contribution >= 4 is 40.5 Å². The molecule has 0 spiro atoms. The second-order valence-corrected chi connectivity index (χ2v) is 7.18. The van der Waals surface area contributed by atoms with Crippen LogP contribution in [0.25, 0.3) is 0 Å². The first kappa shape index (κ1) is 21.4. The minimum Gasteiger partial charge on any atom is -0.376 e. The molecule has 3 aromatic carbocycles. The van der Waals surface area contributed by atoms with Crippen LogP contribution < -0.4 is 15.5 Å². The summed E-state index contributed by atoms with van der Waals surface area (Å²) in [5.41, 5.74) is 3.76. The van der Waals surface area contributed by atoms with Gasteiger partial charge in [0.1, 0.15) is 0 Å². The molecule has 0 aromatic heterocycles. The highest BCUT2D eigenvalue weighted by molar-refractivity contribution is 6.31. The highest BCUT2D eigenvalue weighted by Crippen LogP contribution is 2.23. The molecule has 0 unspecified atom stereocenters. The van der Waals surface area contributed by atoms with Gasteiger partial charge in [0.15, 0.2) is 0 Å². The third kappa shape index (κ3) is 5.19. The van der Waals surface area contributed by atoms with E-state index in [-0.39, 0.29) is 18.4 Å². The molecule has 0 atom stereocenters. The zero-order valence-corrected chi connectivity index (χ0v) is 17.7. The molecule has 0 aliphatic rings. The number of nitrogens with zero attached hydrogens (tertiary/aromatic N) is 1. The Morgan fingerprint density at radius 1 is 0.933 bits per heavy atom. The van der Waals surface area contributed by atoms with Gasteiger partial charge < -0.3 is 15.5 Å². The number of nitrogens with one attached hydrogen (secondary N) is 2. The van der Waals surface area contributed by atoms with E-state index in [9.17, 15) is 9.59 Å². The van der Waals surface area contributed by atoms with Crippen LogP contribution in [0.4, 0.5) is 17.1 Å². The smallest absolute Gasteiger partial charge is 0.258 e. The number of carbonyl (C=O) groups excluding carboxylic acids is 2. The van der Waals surface area contributed by atoms with E-state index in [2.05, 4.69) is 10.6 Å². The number of hydrogen-bond donors (Lipinski definition) is 2. The number of rotatable bonds is 7. The Morgan fingerprint density at radius 3 is 2.30 bits per heavy atom. The highest BCUT2D eigenvalue weighted by atomic mass is 35.5. The summed E-state index contributed by atoms with van der Waals surface area (Å²) in [4.78, 5) is 26.8. The fraction of sp³-hybridized carbons (Fsp3) is 0.167. The van der Waals surface area contributed by atoms with E-state index in [1.54, 1.807) is 29.2 Å². The third-order valence-corrected chi connectivity index (χ3v) is 5.16. The van der Waals surface area contributed by atoms with E-state index in [4.69, 9.17) is 11.6 Å². The van der Waals surface area contributed by atoms with Gasteiger partial charge in [-0.2, -0.15) is 0 Å². The summed E-state index contributed by atoms with van der Waals surface area (Å²) in [7, 11) is 0. The molecule has 3 rings (SSSR count). The lowest BCUT2D eigenvalue weighted by Crippen LogP contribution is -2.30. The van der Waals surface area contributed by atoms with Crippen molar-refractivity contribution < 1.29 is 9.59 Å². The molecule has 30 heavy (non-hydrogen) atoms. The average molecular weight is 422 g/mol. The molecule has 154 valence electrons. The molecule has 0 bridgehead atoms. The Balaban J connectivity index is 1.60. The summed E-state index contributed by atoms with van der Waals surface area (Å²) in [6.45, 7) is 4.51. The Bertz CT molecular complexity index is 1020. The Labute approximate surface area is 181 Å². The quantitative estimate of drug-likeness (QED) is 0.539. The lowest BCUT2D eigenvalue weighted by Gasteiger charge is -2.21. The van der Waals surface area contributed by atoms with Crippen LogP contribution in [0.3, 0.4) is 0 Å². The second kappa shape index (κ2) is 9.94. The number of hydrogen-bond acceptors (Lipinski definition) is 3. The summed E-state index contributed by atoms with van der Waals surface area (Å²) in [5, 5.41) is 6.57. The monoisotopic (exact) mass is 421 g/mol. The minimum atomic E-state index is -0.187. The molecule has 0 radical (unpaired) electrons. The third-order valence-electron chi connectivity index (χ3n) is 4.75. The van der Waals surface area contributed by atoms with Crippen LogP contribution in [0.5, 0.6) is 0 Å². The Kier molecular flexibility index (Phi) is 7.09. The molecule has 2 N–H and O–H groups in total. The first-order valence-electron chi connectivity index (χ1n) is 9.75. The lowest BCUT2D eigenvalue weighted by molar-refractivity contribution is -0.114. The zero-order valence-electron chi connectivity index (χ0n) is 17.0. The normalized spacial score (nSPS) is 10.4. The summed E-state index contributed by atoms with van der Waals surface area (Å²) in [6.07, 6.45) is 0. The molecular formula is C24H24ClN3O2. The number of halogens is 1. The second-order valence-electron chi connectivity index (χ2n) is 6.78. The minimum absolute atomic E-state index is 0.0836. The summed E-state index contributed by atoms with van der Waals surface area (Å²) >= 11 is 6.10. The van der Waals surface area contributed by atoms with Crippen LogP contribution in [-0.4, -0.2) is 24.9 Å². The van der Waals surface area contributed by atoms with Gasteiger partial charge in [0.25, 0.3) is 5.91 Å². The van der Waals surface area contributed by atoms with E-state index in [1.807, 2.05) is 62.4 Å². The summed E-state index contributed by atoms with van der Waals surface area (Å²) < 4.78 is 0. The maximum absolute atomic E-state index is 12.8. The van der Waals surface area contributed by atoms with Crippen molar-refractivity contribution in [1.82, 2.24) is 0 Å². The van der Waals surface area contributed by atoms with Crippen LogP contribution in [0, 0.1) is 6.92 Å². The standard InChI is InChI=1S/C24H24ClN3O2/c1-3-28(20-8-5-4-6-9-20)24(30)18-12-14-19(15-13-18)27-23(29)16-26-22-11-7-10-21(25)17(22)2/h4-15,26H,3,16H2,1-2H3,(H,27,29). The molecule has 0 aliphatic heterocycles. The molecule has 0 saturated heterocycles. The van der Waals surface area contributed by atoms with E-state index < -0.39 is 0 Å². The lowest BCUT2D eigenvalue weighted by atomic mass is 10.1. The molecule has 0 saturated carbocycles. The molecule has 0 aliphatic carbocycles. The Morgan fingerprint density at radius 2 is 1.63 bits per heavy atom. The van der Waals surface area contributed by atoms with Crippen molar-refractivity contribution in [3.05, 3.63) is 88.9 Å². The van der Waals surface area contributed by atoms with Gasteiger partial charge in [-0.05, 0) is 67.9 Å². The number of amides is 2. The summed E-state index contributed by atoms with van der Waals surface area (Å²) in [6, 6.07) is 22.0. The van der Waals surface area contributed by atoms with Gasteiger partial charge >= 0.3 is 0 Å². The fourth-order valence-electron chi connectivity index (χ4n) is 3.08. The Hall–Kier alpha value is -3.31. The van der Waals surface area contributed by atoms with Crippen molar-refractivity contribution in [2.75, 3.05) is 28.6 Å². The first-order valence-corrected chi connectivity index (χ1v) is 10.1. The maximum atomic E-state index is 12.8. The van der Waals surface area contributed by atoms with Gasteiger partial charge in [0.2, 0.25) is 5.91 Å². The topological polar surface area (TPSA) is 61.4 Å². The molecule has 0 heterocycles.